The minimum absolute atomic E-state index is 0.0874. The number of rotatable bonds is 0. The standard InChI is InChI=1S/C18H18O5/c1-8-7-23-17-10-3-5-11-9(4-6-12(19)18(11,2)22)14(10)16(21)15(20)13(8)17/h3,5,8,12,19,22H,4,6-7H2,1-2H3/t8?,12-,18+/m1/s1. The van der Waals surface area contributed by atoms with E-state index in [0.717, 1.165) is 0 Å². The van der Waals surface area contributed by atoms with Crippen molar-refractivity contribution >= 4 is 17.3 Å². The van der Waals surface area contributed by atoms with E-state index in [9.17, 15) is 19.8 Å². The number of fused-ring (bicyclic) bond motifs is 4. The molecule has 3 aliphatic rings. The lowest BCUT2D eigenvalue weighted by atomic mass is 9.72. The van der Waals surface area contributed by atoms with Crippen LogP contribution in [0.3, 0.4) is 0 Å². The number of ketones is 2. The number of carbonyl (C=O) groups is 2. The number of hydrogen-bond acceptors (Lipinski definition) is 5. The highest BCUT2D eigenvalue weighted by molar-refractivity contribution is 6.52. The first-order valence-electron chi connectivity index (χ1n) is 7.87. The average Bonchev–Trinajstić information content (AvgIpc) is 2.90. The van der Waals surface area contributed by atoms with Crippen LogP contribution in [-0.4, -0.2) is 34.5 Å². The largest absolute Gasteiger partial charge is 0.492 e. The van der Waals surface area contributed by atoms with Crippen LogP contribution < -0.4 is 0 Å². The van der Waals surface area contributed by atoms with Crippen molar-refractivity contribution in [3.63, 3.8) is 0 Å². The summed E-state index contributed by atoms with van der Waals surface area (Å²) in [4.78, 5) is 25.2. The van der Waals surface area contributed by atoms with Gasteiger partial charge in [0.2, 0.25) is 11.6 Å². The Bertz CT molecular complexity index is 787. The molecule has 0 fully saturated rings. The zero-order valence-corrected chi connectivity index (χ0v) is 13.0. The van der Waals surface area contributed by atoms with Gasteiger partial charge in [-0.05, 0) is 30.9 Å². The molecule has 1 aromatic rings. The number of ether oxygens (including phenoxy) is 1. The van der Waals surface area contributed by atoms with Gasteiger partial charge in [0.25, 0.3) is 0 Å². The van der Waals surface area contributed by atoms with Crippen molar-refractivity contribution in [3.05, 3.63) is 40.0 Å². The van der Waals surface area contributed by atoms with Gasteiger partial charge in [0.1, 0.15) is 11.4 Å². The number of hydrogen-bond donors (Lipinski definition) is 2. The second-order valence-electron chi connectivity index (χ2n) is 6.83. The van der Waals surface area contributed by atoms with Crippen LogP contribution >= 0.6 is 0 Å². The predicted octanol–water partition coefficient (Wildman–Crippen LogP) is 1.34. The molecule has 1 unspecified atom stereocenters. The van der Waals surface area contributed by atoms with E-state index in [2.05, 4.69) is 0 Å². The minimum Gasteiger partial charge on any atom is -0.492 e. The smallest absolute Gasteiger partial charge is 0.234 e. The monoisotopic (exact) mass is 314 g/mol. The Hall–Kier alpha value is -1.98. The first-order chi connectivity index (χ1) is 10.8. The molecule has 2 aliphatic carbocycles. The van der Waals surface area contributed by atoms with Crippen molar-refractivity contribution in [2.45, 2.75) is 38.4 Å². The molecule has 120 valence electrons. The fourth-order valence-electron chi connectivity index (χ4n) is 3.95. The van der Waals surface area contributed by atoms with E-state index in [1.807, 2.05) is 6.92 Å². The Morgan fingerprint density at radius 2 is 2.00 bits per heavy atom. The maximum atomic E-state index is 12.7. The summed E-state index contributed by atoms with van der Waals surface area (Å²) in [5, 5.41) is 20.6. The number of benzene rings is 1. The van der Waals surface area contributed by atoms with Crippen molar-refractivity contribution in [2.75, 3.05) is 6.61 Å². The summed E-state index contributed by atoms with van der Waals surface area (Å²) in [6.07, 6.45) is -0.0892. The molecule has 0 saturated carbocycles. The normalized spacial score (nSPS) is 32.3. The van der Waals surface area contributed by atoms with Crippen molar-refractivity contribution in [1.82, 2.24) is 0 Å². The second-order valence-corrected chi connectivity index (χ2v) is 6.83. The first-order valence-corrected chi connectivity index (χ1v) is 7.87. The van der Waals surface area contributed by atoms with Gasteiger partial charge in [0.15, 0.2) is 0 Å². The average molecular weight is 314 g/mol. The van der Waals surface area contributed by atoms with E-state index >= 15 is 0 Å². The predicted molar refractivity (Wildman–Crippen MR) is 81.7 cm³/mol. The zero-order valence-electron chi connectivity index (χ0n) is 13.0. The molecule has 0 aromatic heterocycles. The van der Waals surface area contributed by atoms with Crippen molar-refractivity contribution in [2.24, 2.45) is 5.92 Å². The maximum Gasteiger partial charge on any atom is 0.234 e. The van der Waals surface area contributed by atoms with Crippen LogP contribution in [0.1, 0.15) is 47.3 Å². The lowest BCUT2D eigenvalue weighted by Crippen LogP contribution is -2.42. The van der Waals surface area contributed by atoms with Crippen LogP contribution in [0.2, 0.25) is 0 Å². The van der Waals surface area contributed by atoms with Crippen molar-refractivity contribution < 1.29 is 24.5 Å². The summed E-state index contributed by atoms with van der Waals surface area (Å²) in [5.74, 6) is -0.613. The highest BCUT2D eigenvalue weighted by atomic mass is 16.5. The van der Waals surface area contributed by atoms with E-state index in [1.54, 1.807) is 12.1 Å². The number of aliphatic hydroxyl groups is 2. The van der Waals surface area contributed by atoms with Gasteiger partial charge in [-0.15, -0.1) is 0 Å². The number of Topliss-reactive ketones (excluding diaryl/α,β-unsaturated/α-hetero) is 2. The molecule has 5 heteroatoms. The molecule has 0 saturated heterocycles. The highest BCUT2D eigenvalue weighted by Crippen LogP contribution is 2.44. The van der Waals surface area contributed by atoms with Gasteiger partial charge in [-0.2, -0.15) is 0 Å². The quantitative estimate of drug-likeness (QED) is 0.706. The van der Waals surface area contributed by atoms with Crippen molar-refractivity contribution in [3.8, 4) is 0 Å². The topological polar surface area (TPSA) is 83.8 Å². The minimum atomic E-state index is -1.43. The van der Waals surface area contributed by atoms with Gasteiger partial charge in [0.05, 0.1) is 18.3 Å². The third-order valence-electron chi connectivity index (χ3n) is 5.31. The van der Waals surface area contributed by atoms with Gasteiger partial charge in [0, 0.05) is 17.0 Å². The Morgan fingerprint density at radius 3 is 2.74 bits per heavy atom. The van der Waals surface area contributed by atoms with Crippen LogP contribution in [0.4, 0.5) is 0 Å². The van der Waals surface area contributed by atoms with E-state index in [0.29, 0.717) is 53.0 Å². The molecule has 23 heavy (non-hydrogen) atoms. The van der Waals surface area contributed by atoms with Crippen LogP contribution in [0.5, 0.6) is 0 Å². The van der Waals surface area contributed by atoms with Gasteiger partial charge < -0.3 is 14.9 Å². The molecule has 1 aromatic carbocycles. The Balaban J connectivity index is 2.00. The van der Waals surface area contributed by atoms with Crippen molar-refractivity contribution in [1.29, 1.82) is 0 Å². The van der Waals surface area contributed by atoms with Gasteiger partial charge in [-0.25, -0.2) is 0 Å². The summed E-state index contributed by atoms with van der Waals surface area (Å²) in [7, 11) is 0. The third-order valence-corrected chi connectivity index (χ3v) is 5.31. The molecular formula is C18H18O5. The fourth-order valence-corrected chi connectivity index (χ4v) is 3.95. The molecule has 0 bridgehead atoms. The fraction of sp³-hybridized carbons (Fsp3) is 0.444. The molecular weight excluding hydrogens is 296 g/mol. The Kier molecular flexibility index (Phi) is 2.87. The van der Waals surface area contributed by atoms with E-state index in [4.69, 9.17) is 4.74 Å². The SMILES string of the molecule is CC1COC2=C1C(=O)C(=O)c1c2ccc2c1CC[C@@H](O)[C@@]2(C)O. The summed E-state index contributed by atoms with van der Waals surface area (Å²) in [6.45, 7) is 3.81. The zero-order chi connectivity index (χ0) is 16.5. The molecule has 1 aliphatic heterocycles. The lowest BCUT2D eigenvalue weighted by molar-refractivity contribution is -0.112. The molecule has 4 rings (SSSR count). The van der Waals surface area contributed by atoms with Gasteiger partial charge in [-0.1, -0.05) is 19.1 Å². The molecule has 0 spiro atoms. The highest BCUT2D eigenvalue weighted by Gasteiger charge is 2.45. The maximum absolute atomic E-state index is 12.7. The van der Waals surface area contributed by atoms with Crippen LogP contribution in [0, 0.1) is 5.92 Å². The summed E-state index contributed by atoms with van der Waals surface area (Å²) in [5.41, 5.74) is 1.19. The van der Waals surface area contributed by atoms with E-state index < -0.39 is 23.3 Å². The third kappa shape index (κ3) is 1.75. The molecule has 1 heterocycles. The van der Waals surface area contributed by atoms with Gasteiger partial charge in [-0.3, -0.25) is 9.59 Å². The molecule has 0 radical (unpaired) electrons. The molecule has 3 atom stereocenters. The van der Waals surface area contributed by atoms with Crippen LogP contribution in [0.15, 0.2) is 17.7 Å². The van der Waals surface area contributed by atoms with E-state index in [1.165, 1.54) is 6.92 Å². The summed E-state index contributed by atoms with van der Waals surface area (Å²) in [6, 6.07) is 3.45. The molecule has 0 amide bonds. The lowest BCUT2D eigenvalue weighted by Gasteiger charge is -2.37. The Labute approximate surface area is 133 Å². The summed E-state index contributed by atoms with van der Waals surface area (Å²) < 4.78 is 5.67. The Morgan fingerprint density at radius 1 is 1.26 bits per heavy atom. The second kappa shape index (κ2) is 4.52. The van der Waals surface area contributed by atoms with E-state index in [-0.39, 0.29) is 5.92 Å². The number of aliphatic hydroxyl groups excluding tert-OH is 1. The van der Waals surface area contributed by atoms with Gasteiger partial charge >= 0.3 is 0 Å². The number of carbonyl (C=O) groups excluding carboxylic acids is 2. The van der Waals surface area contributed by atoms with Crippen LogP contribution in [0.25, 0.3) is 5.76 Å². The first kappa shape index (κ1) is 14.6. The molecule has 5 nitrogen and oxygen atoms in total. The summed E-state index contributed by atoms with van der Waals surface area (Å²) >= 11 is 0. The molecule has 2 N–H and O–H groups in total. The van der Waals surface area contributed by atoms with Crippen LogP contribution in [-0.2, 0) is 21.6 Å².